The molecule has 0 bridgehead atoms. The second kappa shape index (κ2) is 6.33. The van der Waals surface area contributed by atoms with Crippen LogP contribution in [0.4, 0.5) is 8.78 Å². The zero-order chi connectivity index (χ0) is 12.0. The Morgan fingerprint density at radius 1 is 1.31 bits per heavy atom. The molecule has 4 heteroatoms. The Kier molecular flexibility index (Phi) is 5.05. The number of Topliss-reactive ketones (excluding diaryl/α,β-unsaturated/α-hetero) is 1. The summed E-state index contributed by atoms with van der Waals surface area (Å²) in [4.78, 5) is 11.4. The molecule has 0 saturated carbocycles. The molecular weight excluding hydrogens is 214 g/mol. The van der Waals surface area contributed by atoms with Crippen molar-refractivity contribution in [2.24, 2.45) is 0 Å². The van der Waals surface area contributed by atoms with Gasteiger partial charge in [-0.25, -0.2) is 8.78 Å². The molecule has 0 fully saturated rings. The van der Waals surface area contributed by atoms with Gasteiger partial charge in [0.1, 0.15) is 5.78 Å². The summed E-state index contributed by atoms with van der Waals surface area (Å²) in [5.41, 5.74) is 0.501. The van der Waals surface area contributed by atoms with E-state index < -0.39 is 11.6 Å². The van der Waals surface area contributed by atoms with Crippen LogP contribution in [0, 0.1) is 11.6 Å². The molecule has 0 spiro atoms. The van der Waals surface area contributed by atoms with Crippen molar-refractivity contribution in [3.8, 4) is 0 Å². The molecule has 88 valence electrons. The van der Waals surface area contributed by atoms with Crippen molar-refractivity contribution in [3.63, 3.8) is 0 Å². The van der Waals surface area contributed by atoms with Gasteiger partial charge in [-0.2, -0.15) is 0 Å². The Bertz CT molecular complexity index is 364. The van der Waals surface area contributed by atoms with Crippen LogP contribution in [0.15, 0.2) is 18.2 Å². The summed E-state index contributed by atoms with van der Waals surface area (Å²) in [5.74, 6) is -1.80. The fourth-order valence-electron chi connectivity index (χ4n) is 1.38. The molecule has 0 unspecified atom stereocenters. The number of hydrogen-bond acceptors (Lipinski definition) is 2. The maximum Gasteiger partial charge on any atom is 0.159 e. The van der Waals surface area contributed by atoms with E-state index >= 15 is 0 Å². The van der Waals surface area contributed by atoms with Gasteiger partial charge in [0.15, 0.2) is 11.6 Å². The summed E-state index contributed by atoms with van der Waals surface area (Å²) in [7, 11) is 1.57. The third kappa shape index (κ3) is 4.06. The molecular formula is C12H14F2O2. The van der Waals surface area contributed by atoms with Crippen molar-refractivity contribution in [1.29, 1.82) is 0 Å². The quantitative estimate of drug-likeness (QED) is 0.699. The van der Waals surface area contributed by atoms with Crippen molar-refractivity contribution in [2.45, 2.75) is 19.3 Å². The zero-order valence-corrected chi connectivity index (χ0v) is 9.13. The van der Waals surface area contributed by atoms with Gasteiger partial charge in [-0.15, -0.1) is 0 Å². The minimum Gasteiger partial charge on any atom is -0.385 e. The van der Waals surface area contributed by atoms with Crippen LogP contribution < -0.4 is 0 Å². The SMILES string of the molecule is COCCCC(=O)Cc1ccc(F)c(F)c1. The molecule has 1 rings (SSSR count). The molecule has 2 nitrogen and oxygen atoms in total. The molecule has 0 aliphatic heterocycles. The van der Waals surface area contributed by atoms with Crippen LogP contribution in [0.3, 0.4) is 0 Å². The van der Waals surface area contributed by atoms with E-state index in [0.29, 0.717) is 25.0 Å². The smallest absolute Gasteiger partial charge is 0.159 e. The molecule has 0 aliphatic rings. The highest BCUT2D eigenvalue weighted by molar-refractivity contribution is 5.80. The number of rotatable bonds is 6. The van der Waals surface area contributed by atoms with Gasteiger partial charge in [0.25, 0.3) is 0 Å². The minimum atomic E-state index is -0.915. The van der Waals surface area contributed by atoms with Gasteiger partial charge in [-0.1, -0.05) is 6.07 Å². The molecule has 0 aromatic heterocycles. The van der Waals surface area contributed by atoms with Crippen molar-refractivity contribution >= 4 is 5.78 Å². The summed E-state index contributed by atoms with van der Waals surface area (Å²) in [5, 5.41) is 0. The maximum atomic E-state index is 12.8. The summed E-state index contributed by atoms with van der Waals surface area (Å²) >= 11 is 0. The van der Waals surface area contributed by atoms with Crippen LogP contribution in [0.2, 0.25) is 0 Å². The Morgan fingerprint density at radius 2 is 2.06 bits per heavy atom. The van der Waals surface area contributed by atoms with Crippen LogP contribution in [0.1, 0.15) is 18.4 Å². The molecule has 1 aromatic carbocycles. The normalized spacial score (nSPS) is 10.4. The van der Waals surface area contributed by atoms with E-state index in [4.69, 9.17) is 4.74 Å². The van der Waals surface area contributed by atoms with Crippen LogP contribution in [0.5, 0.6) is 0 Å². The van der Waals surface area contributed by atoms with Crippen LogP contribution in [-0.2, 0) is 16.0 Å². The first kappa shape index (κ1) is 12.8. The monoisotopic (exact) mass is 228 g/mol. The molecule has 0 aliphatic carbocycles. The molecule has 0 heterocycles. The van der Waals surface area contributed by atoms with E-state index in [9.17, 15) is 13.6 Å². The lowest BCUT2D eigenvalue weighted by Gasteiger charge is -2.02. The second-order valence-electron chi connectivity index (χ2n) is 3.56. The molecule has 0 saturated heterocycles. The van der Waals surface area contributed by atoms with Crippen LogP contribution in [-0.4, -0.2) is 19.5 Å². The Labute approximate surface area is 93.2 Å². The third-order valence-corrected chi connectivity index (χ3v) is 2.19. The number of halogens is 2. The van der Waals surface area contributed by atoms with Gasteiger partial charge in [0.2, 0.25) is 0 Å². The first-order valence-electron chi connectivity index (χ1n) is 5.08. The van der Waals surface area contributed by atoms with Gasteiger partial charge in [0, 0.05) is 26.6 Å². The lowest BCUT2D eigenvalue weighted by atomic mass is 10.1. The molecule has 1 aromatic rings. The van der Waals surface area contributed by atoms with Gasteiger partial charge < -0.3 is 4.74 Å². The molecule has 0 atom stereocenters. The van der Waals surface area contributed by atoms with Gasteiger partial charge in [-0.05, 0) is 24.1 Å². The fraction of sp³-hybridized carbons (Fsp3) is 0.417. The highest BCUT2D eigenvalue weighted by atomic mass is 19.2. The highest BCUT2D eigenvalue weighted by Crippen LogP contribution is 2.10. The Morgan fingerprint density at radius 3 is 2.69 bits per heavy atom. The van der Waals surface area contributed by atoms with Gasteiger partial charge in [-0.3, -0.25) is 4.79 Å². The Hall–Kier alpha value is -1.29. The topological polar surface area (TPSA) is 26.3 Å². The fourth-order valence-corrected chi connectivity index (χ4v) is 1.38. The molecule has 16 heavy (non-hydrogen) atoms. The third-order valence-electron chi connectivity index (χ3n) is 2.19. The standard InChI is InChI=1S/C12H14F2O2/c1-16-6-2-3-10(15)7-9-4-5-11(13)12(14)8-9/h4-5,8H,2-3,6-7H2,1H3. The number of carbonyl (C=O) groups excluding carboxylic acids is 1. The maximum absolute atomic E-state index is 12.8. The van der Waals surface area contributed by atoms with Crippen LogP contribution in [0.25, 0.3) is 0 Å². The molecule has 0 amide bonds. The van der Waals surface area contributed by atoms with Gasteiger partial charge in [0.05, 0.1) is 0 Å². The first-order chi connectivity index (χ1) is 7.63. The Balaban J connectivity index is 2.46. The summed E-state index contributed by atoms with van der Waals surface area (Å²) in [6.45, 7) is 0.531. The summed E-state index contributed by atoms with van der Waals surface area (Å²) in [6.07, 6.45) is 1.19. The summed E-state index contributed by atoms with van der Waals surface area (Å²) < 4.78 is 30.3. The van der Waals surface area contributed by atoms with Crippen molar-refractivity contribution in [3.05, 3.63) is 35.4 Å². The van der Waals surface area contributed by atoms with E-state index in [-0.39, 0.29) is 12.2 Å². The van der Waals surface area contributed by atoms with Gasteiger partial charge >= 0.3 is 0 Å². The van der Waals surface area contributed by atoms with Crippen molar-refractivity contribution < 1.29 is 18.3 Å². The second-order valence-corrected chi connectivity index (χ2v) is 3.56. The average molecular weight is 228 g/mol. The predicted molar refractivity (Wildman–Crippen MR) is 56.2 cm³/mol. The predicted octanol–water partition coefficient (Wildman–Crippen LogP) is 2.50. The van der Waals surface area contributed by atoms with E-state index in [1.54, 1.807) is 7.11 Å². The average Bonchev–Trinajstić information content (AvgIpc) is 2.24. The van der Waals surface area contributed by atoms with Crippen molar-refractivity contribution in [2.75, 3.05) is 13.7 Å². The lowest BCUT2D eigenvalue weighted by Crippen LogP contribution is -2.04. The number of benzene rings is 1. The van der Waals surface area contributed by atoms with E-state index in [1.165, 1.54) is 6.07 Å². The number of methoxy groups -OCH3 is 1. The minimum absolute atomic E-state index is 0.00283. The lowest BCUT2D eigenvalue weighted by molar-refractivity contribution is -0.118. The van der Waals surface area contributed by atoms with E-state index in [0.717, 1.165) is 12.1 Å². The zero-order valence-electron chi connectivity index (χ0n) is 9.13. The number of carbonyl (C=O) groups is 1. The van der Waals surface area contributed by atoms with Crippen molar-refractivity contribution in [1.82, 2.24) is 0 Å². The largest absolute Gasteiger partial charge is 0.385 e. The molecule has 0 N–H and O–H groups in total. The number of hydrogen-bond donors (Lipinski definition) is 0. The summed E-state index contributed by atoms with van der Waals surface area (Å²) in [6, 6.07) is 3.52. The first-order valence-corrected chi connectivity index (χ1v) is 5.08. The number of ether oxygens (including phenoxy) is 1. The molecule has 0 radical (unpaired) electrons. The number of ketones is 1. The van der Waals surface area contributed by atoms with Crippen LogP contribution >= 0.6 is 0 Å². The van der Waals surface area contributed by atoms with E-state index in [1.807, 2.05) is 0 Å². The van der Waals surface area contributed by atoms with E-state index in [2.05, 4.69) is 0 Å². The highest BCUT2D eigenvalue weighted by Gasteiger charge is 2.07.